The van der Waals surface area contributed by atoms with E-state index in [4.69, 9.17) is 0 Å². The van der Waals surface area contributed by atoms with E-state index in [2.05, 4.69) is 25.9 Å². The first-order chi connectivity index (χ1) is 10.9. The number of hydrogen-bond donors (Lipinski definition) is 3. The summed E-state index contributed by atoms with van der Waals surface area (Å²) < 4.78 is 0. The Balaban J connectivity index is 0.000000128. The number of amides is 2. The molecule has 2 saturated heterocycles. The number of rotatable bonds is 0. The second-order valence-electron chi connectivity index (χ2n) is 5.31. The van der Waals surface area contributed by atoms with Crippen LogP contribution in [0.15, 0.2) is 34.3 Å². The number of fused-ring (bicyclic) bond motifs is 1. The predicted molar refractivity (Wildman–Crippen MR) is 86.6 cm³/mol. The highest BCUT2D eigenvalue weighted by Crippen LogP contribution is 1.96. The summed E-state index contributed by atoms with van der Waals surface area (Å²) >= 11 is 0. The molecule has 4 rings (SSSR count). The zero-order valence-electron chi connectivity index (χ0n) is 13.0. The van der Waals surface area contributed by atoms with Crippen molar-refractivity contribution < 1.29 is 4.79 Å². The molecule has 0 atom stereocenters. The van der Waals surface area contributed by atoms with Crippen LogP contribution in [0.25, 0.3) is 0 Å². The van der Waals surface area contributed by atoms with Gasteiger partial charge in [0, 0.05) is 26.2 Å². The Kier molecular flexibility index (Phi) is 7.73. The molecule has 6 nitrogen and oxygen atoms in total. The fourth-order valence-electron chi connectivity index (χ4n) is 2.29. The average molecular weight is 303 g/mol. The maximum Gasteiger partial charge on any atom is 0.368 e. The summed E-state index contributed by atoms with van der Waals surface area (Å²) in [7, 11) is 0. The van der Waals surface area contributed by atoms with Crippen LogP contribution in [-0.4, -0.2) is 45.3 Å². The van der Waals surface area contributed by atoms with E-state index in [0.29, 0.717) is 10.7 Å². The average Bonchev–Trinajstić information content (AvgIpc) is 2.99. The van der Waals surface area contributed by atoms with Gasteiger partial charge in [-0.05, 0) is 38.1 Å². The van der Waals surface area contributed by atoms with E-state index >= 15 is 0 Å². The van der Waals surface area contributed by atoms with Crippen LogP contribution in [0.5, 0.6) is 0 Å². The third-order valence-electron chi connectivity index (χ3n) is 3.48. The Morgan fingerprint density at radius 1 is 0.682 bits per heavy atom. The third kappa shape index (κ3) is 6.43. The second kappa shape index (κ2) is 10.2. The topological polar surface area (TPSA) is 77.9 Å². The molecule has 1 aromatic carbocycles. The Labute approximate surface area is 131 Å². The number of urea groups is 1. The summed E-state index contributed by atoms with van der Waals surface area (Å²) in [4.78, 5) is 17.9. The van der Waals surface area contributed by atoms with E-state index in [-0.39, 0.29) is 0 Å². The van der Waals surface area contributed by atoms with E-state index in [0.717, 1.165) is 26.2 Å². The van der Waals surface area contributed by atoms with E-state index in [1.807, 2.05) is 12.1 Å². The van der Waals surface area contributed by atoms with Gasteiger partial charge in [0.2, 0.25) is 0 Å². The lowest BCUT2D eigenvalue weighted by Gasteiger charge is -2.11. The van der Waals surface area contributed by atoms with Gasteiger partial charge in [-0.2, -0.15) is 9.98 Å². The van der Waals surface area contributed by atoms with Gasteiger partial charge in [-0.3, -0.25) is 0 Å². The number of piperidine rings is 1. The molecule has 0 aliphatic carbocycles. The Hall–Kier alpha value is -1.63. The Morgan fingerprint density at radius 3 is 1.45 bits per heavy atom. The predicted octanol–water partition coefficient (Wildman–Crippen LogP) is -0.00150. The Morgan fingerprint density at radius 2 is 1.14 bits per heavy atom. The maximum atomic E-state index is 10.6. The highest BCUT2D eigenvalue weighted by molar-refractivity contribution is 5.77. The summed E-state index contributed by atoms with van der Waals surface area (Å²) in [6.45, 7) is 7.06. The molecule has 0 spiro atoms. The number of carbonyl (C=O) groups is 1. The van der Waals surface area contributed by atoms with Crippen molar-refractivity contribution in [1.29, 1.82) is 0 Å². The molecule has 0 radical (unpaired) electrons. The smallest absolute Gasteiger partial charge is 0.317 e. The first-order valence-corrected chi connectivity index (χ1v) is 8.05. The lowest BCUT2D eigenvalue weighted by atomic mass is 10.2. The Bertz CT molecular complexity index is 492. The first-order valence-electron chi connectivity index (χ1n) is 8.05. The van der Waals surface area contributed by atoms with Crippen LogP contribution >= 0.6 is 0 Å². The molecular formula is C16H25N5O. The van der Waals surface area contributed by atoms with E-state index < -0.39 is 6.03 Å². The number of nitrogens with one attached hydrogen (secondary N) is 3. The minimum absolute atomic E-state index is 0.402. The van der Waals surface area contributed by atoms with Gasteiger partial charge in [0.15, 0.2) is 0 Å². The molecule has 3 N–H and O–H groups in total. The molecule has 2 amide bonds. The van der Waals surface area contributed by atoms with Gasteiger partial charge >= 0.3 is 6.03 Å². The van der Waals surface area contributed by atoms with E-state index in [1.54, 1.807) is 12.1 Å². The van der Waals surface area contributed by atoms with Crippen LogP contribution in [0.1, 0.15) is 19.3 Å². The minimum Gasteiger partial charge on any atom is -0.317 e. The quantitative estimate of drug-likeness (QED) is 0.630. The van der Waals surface area contributed by atoms with Crippen molar-refractivity contribution in [2.45, 2.75) is 19.3 Å². The van der Waals surface area contributed by atoms with Crippen molar-refractivity contribution in [2.75, 3.05) is 39.3 Å². The fourth-order valence-corrected chi connectivity index (χ4v) is 2.29. The van der Waals surface area contributed by atoms with Crippen LogP contribution in [0.2, 0.25) is 0 Å². The van der Waals surface area contributed by atoms with Crippen LogP contribution < -0.4 is 26.7 Å². The van der Waals surface area contributed by atoms with Gasteiger partial charge in [-0.1, -0.05) is 18.6 Å². The van der Waals surface area contributed by atoms with Crippen molar-refractivity contribution in [3.05, 3.63) is 35.0 Å². The van der Waals surface area contributed by atoms with Crippen LogP contribution in [-0.2, 0) is 0 Å². The molecule has 0 bridgehead atoms. The third-order valence-corrected chi connectivity index (χ3v) is 3.48. The normalized spacial score (nSPS) is 19.4. The van der Waals surface area contributed by atoms with Gasteiger partial charge in [0.25, 0.3) is 0 Å². The van der Waals surface area contributed by atoms with Gasteiger partial charge in [-0.15, -0.1) is 0 Å². The number of nitrogens with zero attached hydrogens (tertiary/aromatic N) is 2. The summed E-state index contributed by atoms with van der Waals surface area (Å²) in [5.74, 6) is 0. The lowest BCUT2D eigenvalue weighted by Crippen LogP contribution is -2.39. The summed E-state index contributed by atoms with van der Waals surface area (Å²) in [5, 5.41) is 11.1. The molecule has 1 aromatic rings. The minimum atomic E-state index is -0.402. The standard InChI is InChI=1S/C7H4N2O.C5H11N.C4H10N2/c10-7-8-5-3-1-2-4-6(5)9-7;1-2-4-6-5-3-1;1-2-6-4-3-5-1/h1-4H;6H,1-5H2;5-6H,1-4H2. The van der Waals surface area contributed by atoms with Gasteiger partial charge < -0.3 is 16.0 Å². The molecule has 3 heterocycles. The number of para-hydroxylation sites is 2. The van der Waals surface area contributed by atoms with Gasteiger partial charge in [-0.25, -0.2) is 4.79 Å². The van der Waals surface area contributed by atoms with Crippen molar-refractivity contribution >= 4 is 6.03 Å². The molecule has 3 aliphatic heterocycles. The first kappa shape index (κ1) is 16.7. The summed E-state index contributed by atoms with van der Waals surface area (Å²) in [5.41, 5.74) is 0. The summed E-state index contributed by atoms with van der Waals surface area (Å²) in [6, 6.07) is 6.79. The highest BCUT2D eigenvalue weighted by atomic mass is 16.2. The number of benzene rings is 1. The van der Waals surface area contributed by atoms with Crippen molar-refractivity contribution in [2.24, 2.45) is 9.98 Å². The zero-order chi connectivity index (χ0) is 15.5. The molecule has 2 fully saturated rings. The van der Waals surface area contributed by atoms with E-state index in [9.17, 15) is 4.79 Å². The van der Waals surface area contributed by atoms with E-state index in [1.165, 1.54) is 32.4 Å². The lowest BCUT2D eigenvalue weighted by molar-refractivity contribution is 0.256. The summed E-state index contributed by atoms with van der Waals surface area (Å²) in [6.07, 6.45) is 4.22. The van der Waals surface area contributed by atoms with Crippen molar-refractivity contribution in [3.63, 3.8) is 0 Å². The van der Waals surface area contributed by atoms with Crippen LogP contribution in [0, 0.1) is 0 Å². The number of carbonyl (C=O) groups excluding carboxylic acids is 1. The van der Waals surface area contributed by atoms with Crippen LogP contribution in [0.3, 0.4) is 0 Å². The molecule has 0 unspecified atom stereocenters. The largest absolute Gasteiger partial charge is 0.368 e. The number of hydrogen-bond acceptors (Lipinski definition) is 4. The second-order valence-corrected chi connectivity index (χ2v) is 5.31. The molecule has 3 aliphatic rings. The fraction of sp³-hybridized carbons (Fsp3) is 0.562. The SMILES string of the molecule is C1CCNCC1.C1CNCCN1.O=C1N=c2ccccc2=N1. The molecule has 120 valence electrons. The molecule has 0 aromatic heterocycles. The highest BCUT2D eigenvalue weighted by Gasteiger charge is 2.01. The molecular weight excluding hydrogens is 278 g/mol. The zero-order valence-corrected chi connectivity index (χ0v) is 13.0. The van der Waals surface area contributed by atoms with Crippen molar-refractivity contribution in [1.82, 2.24) is 16.0 Å². The van der Waals surface area contributed by atoms with Gasteiger partial charge in [0.1, 0.15) is 0 Å². The molecule has 22 heavy (non-hydrogen) atoms. The maximum absolute atomic E-state index is 10.6. The molecule has 0 saturated carbocycles. The van der Waals surface area contributed by atoms with Crippen LogP contribution in [0.4, 0.5) is 4.79 Å². The van der Waals surface area contributed by atoms with Crippen molar-refractivity contribution in [3.8, 4) is 0 Å². The molecule has 6 heteroatoms. The monoisotopic (exact) mass is 303 g/mol. The number of piperazine rings is 1. The van der Waals surface area contributed by atoms with Gasteiger partial charge in [0.05, 0.1) is 10.7 Å².